The summed E-state index contributed by atoms with van der Waals surface area (Å²) in [5.74, 6) is 0. The van der Waals surface area contributed by atoms with E-state index < -0.39 is 0 Å². The van der Waals surface area contributed by atoms with Gasteiger partial charge in [0, 0.05) is 5.39 Å². The van der Waals surface area contributed by atoms with Crippen LogP contribution >= 0.6 is 11.6 Å². The predicted octanol–water partition coefficient (Wildman–Crippen LogP) is 2.76. The van der Waals surface area contributed by atoms with E-state index in [1.807, 2.05) is 12.1 Å². The van der Waals surface area contributed by atoms with Crippen molar-refractivity contribution in [2.75, 3.05) is 0 Å². The Morgan fingerprint density at radius 1 is 1.23 bits per heavy atom. The maximum absolute atomic E-state index is 8.66. The number of hydrogen-bond acceptors (Lipinski definition) is 2. The summed E-state index contributed by atoms with van der Waals surface area (Å²) < 4.78 is 0. The number of fused-ring (bicyclic) bond motifs is 1. The largest absolute Gasteiger partial charge is 0.236 e. The Labute approximate surface area is 80.4 Å². The highest BCUT2D eigenvalue weighted by atomic mass is 35.5. The standard InChI is InChI=1S/C10H5ClN2/c11-10-4-3-8-2-1-7(6-12)5-9(8)13-10/h1-5H. The third kappa shape index (κ3) is 1.47. The van der Waals surface area contributed by atoms with Gasteiger partial charge < -0.3 is 0 Å². The molecular formula is C10H5ClN2. The first-order valence-corrected chi connectivity index (χ1v) is 4.14. The fourth-order valence-electron chi connectivity index (χ4n) is 1.16. The lowest BCUT2D eigenvalue weighted by molar-refractivity contribution is 1.40. The molecule has 62 valence electrons. The molecule has 0 aliphatic carbocycles. The van der Waals surface area contributed by atoms with Crippen LogP contribution in [0, 0.1) is 11.3 Å². The molecule has 0 aliphatic rings. The maximum Gasteiger partial charge on any atom is 0.129 e. The molecule has 2 rings (SSSR count). The van der Waals surface area contributed by atoms with Crippen molar-refractivity contribution >= 4 is 22.5 Å². The summed E-state index contributed by atoms with van der Waals surface area (Å²) in [5.41, 5.74) is 1.36. The van der Waals surface area contributed by atoms with E-state index in [0.29, 0.717) is 10.7 Å². The van der Waals surface area contributed by atoms with Gasteiger partial charge in [-0.3, -0.25) is 0 Å². The maximum atomic E-state index is 8.66. The molecule has 1 aromatic heterocycles. The Hall–Kier alpha value is -1.59. The Balaban J connectivity index is 2.77. The van der Waals surface area contributed by atoms with Gasteiger partial charge in [0.2, 0.25) is 0 Å². The van der Waals surface area contributed by atoms with Crippen molar-refractivity contribution in [3.63, 3.8) is 0 Å². The van der Waals surface area contributed by atoms with Gasteiger partial charge in [0.15, 0.2) is 0 Å². The number of aromatic nitrogens is 1. The zero-order valence-electron chi connectivity index (χ0n) is 6.66. The average Bonchev–Trinajstić information content (AvgIpc) is 2.16. The number of nitriles is 1. The first kappa shape index (κ1) is 8.03. The molecule has 1 heterocycles. The SMILES string of the molecule is N#Cc1ccc2ccc(Cl)nc2c1. The average molecular weight is 189 g/mol. The molecule has 0 bridgehead atoms. The van der Waals surface area contributed by atoms with Gasteiger partial charge in [0.05, 0.1) is 17.1 Å². The second kappa shape index (κ2) is 3.04. The highest BCUT2D eigenvalue weighted by Gasteiger charge is 1.97. The lowest BCUT2D eigenvalue weighted by atomic mass is 10.1. The molecule has 2 aromatic rings. The van der Waals surface area contributed by atoms with Crippen LogP contribution in [-0.4, -0.2) is 4.98 Å². The molecule has 0 aliphatic heterocycles. The third-order valence-corrected chi connectivity index (χ3v) is 2.00. The molecular weight excluding hydrogens is 184 g/mol. The molecule has 0 saturated heterocycles. The van der Waals surface area contributed by atoms with Crippen LogP contribution in [0.2, 0.25) is 5.15 Å². The molecule has 0 spiro atoms. The number of pyridine rings is 1. The normalized spacial score (nSPS) is 9.85. The van der Waals surface area contributed by atoms with Crippen LogP contribution in [0.3, 0.4) is 0 Å². The fourth-order valence-corrected chi connectivity index (χ4v) is 1.32. The van der Waals surface area contributed by atoms with Crippen LogP contribution in [0.5, 0.6) is 0 Å². The first-order chi connectivity index (χ1) is 6.29. The Bertz CT molecular complexity index is 500. The van der Waals surface area contributed by atoms with Crippen molar-refractivity contribution in [3.8, 4) is 6.07 Å². The zero-order valence-corrected chi connectivity index (χ0v) is 7.42. The second-order valence-corrected chi connectivity index (χ2v) is 3.04. The lowest BCUT2D eigenvalue weighted by Gasteiger charge is -1.96. The Morgan fingerprint density at radius 2 is 2.00 bits per heavy atom. The van der Waals surface area contributed by atoms with E-state index in [1.54, 1.807) is 18.2 Å². The highest BCUT2D eigenvalue weighted by molar-refractivity contribution is 6.29. The Morgan fingerprint density at radius 3 is 2.77 bits per heavy atom. The summed E-state index contributed by atoms with van der Waals surface area (Å²) in [6, 6.07) is 11.0. The van der Waals surface area contributed by atoms with E-state index >= 15 is 0 Å². The van der Waals surface area contributed by atoms with E-state index in [0.717, 1.165) is 10.9 Å². The van der Waals surface area contributed by atoms with Crippen LogP contribution in [0.1, 0.15) is 5.56 Å². The van der Waals surface area contributed by atoms with E-state index in [9.17, 15) is 0 Å². The van der Waals surface area contributed by atoms with Gasteiger partial charge in [-0.25, -0.2) is 4.98 Å². The summed E-state index contributed by atoms with van der Waals surface area (Å²) >= 11 is 5.72. The van der Waals surface area contributed by atoms with Crippen LogP contribution in [-0.2, 0) is 0 Å². The van der Waals surface area contributed by atoms with Gasteiger partial charge in [-0.2, -0.15) is 5.26 Å². The van der Waals surface area contributed by atoms with Crippen molar-refractivity contribution in [1.82, 2.24) is 4.98 Å². The Kier molecular flexibility index (Phi) is 1.88. The highest BCUT2D eigenvalue weighted by Crippen LogP contribution is 2.16. The molecule has 0 atom stereocenters. The van der Waals surface area contributed by atoms with Crippen LogP contribution in [0.15, 0.2) is 30.3 Å². The second-order valence-electron chi connectivity index (χ2n) is 2.65. The van der Waals surface area contributed by atoms with Gasteiger partial charge in [0.1, 0.15) is 5.15 Å². The third-order valence-electron chi connectivity index (χ3n) is 1.79. The van der Waals surface area contributed by atoms with Gasteiger partial charge in [-0.05, 0) is 24.3 Å². The smallest absolute Gasteiger partial charge is 0.129 e. The van der Waals surface area contributed by atoms with Gasteiger partial charge in [-0.15, -0.1) is 0 Å². The summed E-state index contributed by atoms with van der Waals surface area (Å²) in [7, 11) is 0. The molecule has 0 fully saturated rings. The van der Waals surface area contributed by atoms with Crippen molar-refractivity contribution in [2.45, 2.75) is 0 Å². The van der Waals surface area contributed by atoms with Gasteiger partial charge in [0.25, 0.3) is 0 Å². The summed E-state index contributed by atoms with van der Waals surface area (Å²) in [6.45, 7) is 0. The summed E-state index contributed by atoms with van der Waals surface area (Å²) in [4.78, 5) is 4.10. The number of benzene rings is 1. The molecule has 0 amide bonds. The van der Waals surface area contributed by atoms with E-state index in [2.05, 4.69) is 11.1 Å². The topological polar surface area (TPSA) is 36.7 Å². The molecule has 0 N–H and O–H groups in total. The van der Waals surface area contributed by atoms with Gasteiger partial charge in [-0.1, -0.05) is 17.7 Å². The van der Waals surface area contributed by atoms with Crippen molar-refractivity contribution in [2.24, 2.45) is 0 Å². The lowest BCUT2D eigenvalue weighted by Crippen LogP contribution is -1.81. The quantitative estimate of drug-likeness (QED) is 0.596. The zero-order chi connectivity index (χ0) is 9.26. The number of halogens is 1. The fraction of sp³-hybridized carbons (Fsp3) is 0. The van der Waals surface area contributed by atoms with E-state index in [-0.39, 0.29) is 0 Å². The number of rotatable bonds is 0. The number of nitrogens with zero attached hydrogens (tertiary/aromatic N) is 2. The van der Waals surface area contributed by atoms with Crippen molar-refractivity contribution < 1.29 is 0 Å². The molecule has 0 unspecified atom stereocenters. The van der Waals surface area contributed by atoms with Crippen LogP contribution in [0.4, 0.5) is 0 Å². The first-order valence-electron chi connectivity index (χ1n) is 3.76. The molecule has 13 heavy (non-hydrogen) atoms. The van der Waals surface area contributed by atoms with E-state index in [4.69, 9.17) is 16.9 Å². The monoisotopic (exact) mass is 188 g/mol. The van der Waals surface area contributed by atoms with Crippen molar-refractivity contribution in [3.05, 3.63) is 41.0 Å². The van der Waals surface area contributed by atoms with E-state index in [1.165, 1.54) is 0 Å². The molecule has 1 aromatic carbocycles. The summed E-state index contributed by atoms with van der Waals surface area (Å²) in [6.07, 6.45) is 0. The van der Waals surface area contributed by atoms with Gasteiger partial charge >= 0.3 is 0 Å². The molecule has 0 radical (unpaired) electrons. The summed E-state index contributed by atoms with van der Waals surface area (Å²) in [5, 5.41) is 10.1. The predicted molar refractivity (Wildman–Crippen MR) is 51.5 cm³/mol. The molecule has 0 saturated carbocycles. The molecule has 3 heteroatoms. The van der Waals surface area contributed by atoms with Crippen molar-refractivity contribution in [1.29, 1.82) is 5.26 Å². The minimum atomic E-state index is 0.447. The minimum absolute atomic E-state index is 0.447. The van der Waals surface area contributed by atoms with Crippen LogP contribution in [0.25, 0.3) is 10.9 Å². The van der Waals surface area contributed by atoms with Crippen LogP contribution < -0.4 is 0 Å². The minimum Gasteiger partial charge on any atom is -0.236 e. The molecule has 2 nitrogen and oxygen atoms in total. The number of hydrogen-bond donors (Lipinski definition) is 0.